The van der Waals surface area contributed by atoms with Gasteiger partial charge in [-0.3, -0.25) is 0 Å². The highest BCUT2D eigenvalue weighted by Crippen LogP contribution is 2.25. The van der Waals surface area contributed by atoms with Gasteiger partial charge in [0.2, 0.25) is 0 Å². The van der Waals surface area contributed by atoms with E-state index in [2.05, 4.69) is 70.0 Å². The zero-order chi connectivity index (χ0) is 12.1. The molecule has 1 nitrogen and oxygen atoms in total. The molecule has 0 heterocycles. The van der Waals surface area contributed by atoms with Gasteiger partial charge in [0.25, 0.3) is 0 Å². The second kappa shape index (κ2) is 6.12. The fraction of sp³-hybridized carbons (Fsp3) is 0.143. The Hall–Kier alpha value is -0.930. The molecule has 0 atom stereocenters. The fourth-order valence-electron chi connectivity index (χ4n) is 1.62. The van der Waals surface area contributed by atoms with Crippen LogP contribution in [-0.4, -0.2) is 6.26 Å². The molecule has 0 aliphatic heterocycles. The number of para-hydroxylation sites is 1. The summed E-state index contributed by atoms with van der Waals surface area (Å²) in [6.07, 6.45) is 2.10. The van der Waals surface area contributed by atoms with E-state index in [0.717, 1.165) is 11.0 Å². The van der Waals surface area contributed by atoms with Crippen molar-refractivity contribution in [3.8, 4) is 0 Å². The number of nitrogens with one attached hydrogen (secondary N) is 1. The van der Waals surface area contributed by atoms with Gasteiger partial charge in [0, 0.05) is 21.6 Å². The van der Waals surface area contributed by atoms with Gasteiger partial charge in [-0.2, -0.15) is 0 Å². The molecule has 0 saturated heterocycles. The van der Waals surface area contributed by atoms with Crippen molar-refractivity contribution in [2.75, 3.05) is 11.6 Å². The molecule has 2 aromatic carbocycles. The quantitative estimate of drug-likeness (QED) is 0.816. The highest BCUT2D eigenvalue weighted by Gasteiger charge is 2.01. The molecule has 3 heteroatoms. The summed E-state index contributed by atoms with van der Waals surface area (Å²) < 4.78 is 1.15. The van der Waals surface area contributed by atoms with Gasteiger partial charge in [0.1, 0.15) is 0 Å². The van der Waals surface area contributed by atoms with E-state index in [1.165, 1.54) is 16.1 Å². The monoisotopic (exact) mass is 307 g/mol. The lowest BCUT2D eigenvalue weighted by molar-refractivity contribution is 1.12. The van der Waals surface area contributed by atoms with E-state index >= 15 is 0 Å². The number of anilines is 1. The molecule has 0 bridgehead atoms. The van der Waals surface area contributed by atoms with Gasteiger partial charge in [-0.05, 0) is 30.0 Å². The SMILES string of the molecule is CSc1ccccc1NCc1ccccc1Br. The Morgan fingerprint density at radius 1 is 1.06 bits per heavy atom. The highest BCUT2D eigenvalue weighted by molar-refractivity contribution is 9.10. The summed E-state index contributed by atoms with van der Waals surface area (Å²) in [4.78, 5) is 1.28. The predicted molar refractivity (Wildman–Crippen MR) is 79.7 cm³/mol. The molecule has 0 saturated carbocycles. The van der Waals surface area contributed by atoms with Gasteiger partial charge < -0.3 is 5.32 Å². The van der Waals surface area contributed by atoms with Crippen LogP contribution in [0.4, 0.5) is 5.69 Å². The van der Waals surface area contributed by atoms with E-state index in [1.807, 2.05) is 6.07 Å². The standard InChI is InChI=1S/C14H14BrNS/c1-17-14-9-5-4-8-13(14)16-10-11-6-2-3-7-12(11)15/h2-9,16H,10H2,1H3. The van der Waals surface area contributed by atoms with Crippen LogP contribution >= 0.6 is 27.7 Å². The van der Waals surface area contributed by atoms with E-state index in [-0.39, 0.29) is 0 Å². The van der Waals surface area contributed by atoms with Crippen LogP contribution in [0, 0.1) is 0 Å². The highest BCUT2D eigenvalue weighted by atomic mass is 79.9. The minimum absolute atomic E-state index is 0.832. The van der Waals surface area contributed by atoms with Crippen molar-refractivity contribution in [1.82, 2.24) is 0 Å². The molecular formula is C14H14BrNS. The van der Waals surface area contributed by atoms with Crippen LogP contribution in [-0.2, 0) is 6.54 Å². The summed E-state index contributed by atoms with van der Waals surface area (Å²) in [5, 5.41) is 3.47. The third-order valence-electron chi connectivity index (χ3n) is 2.53. The van der Waals surface area contributed by atoms with E-state index in [4.69, 9.17) is 0 Å². The number of hydrogen-bond donors (Lipinski definition) is 1. The predicted octanol–water partition coefficient (Wildman–Crippen LogP) is 4.78. The molecular weight excluding hydrogens is 294 g/mol. The van der Waals surface area contributed by atoms with E-state index < -0.39 is 0 Å². The third kappa shape index (κ3) is 3.27. The largest absolute Gasteiger partial charge is 0.380 e. The first kappa shape index (κ1) is 12.5. The summed E-state index contributed by atoms with van der Waals surface area (Å²) in [6.45, 7) is 0.832. The molecule has 0 fully saturated rings. The first-order valence-electron chi connectivity index (χ1n) is 5.41. The van der Waals surface area contributed by atoms with Gasteiger partial charge in [-0.15, -0.1) is 11.8 Å². The second-order valence-corrected chi connectivity index (χ2v) is 5.35. The van der Waals surface area contributed by atoms with Crippen LogP contribution in [0.25, 0.3) is 0 Å². The Morgan fingerprint density at radius 3 is 2.53 bits per heavy atom. The third-order valence-corrected chi connectivity index (χ3v) is 4.10. The van der Waals surface area contributed by atoms with Crippen LogP contribution < -0.4 is 5.32 Å². The fourth-order valence-corrected chi connectivity index (χ4v) is 2.62. The van der Waals surface area contributed by atoms with Gasteiger partial charge in [0.05, 0.1) is 0 Å². The van der Waals surface area contributed by atoms with Gasteiger partial charge in [-0.25, -0.2) is 0 Å². The number of rotatable bonds is 4. The Labute approximate surface area is 115 Å². The van der Waals surface area contributed by atoms with Crippen molar-refractivity contribution in [1.29, 1.82) is 0 Å². The van der Waals surface area contributed by atoms with E-state index in [1.54, 1.807) is 11.8 Å². The zero-order valence-electron chi connectivity index (χ0n) is 9.61. The Morgan fingerprint density at radius 2 is 1.76 bits per heavy atom. The Bertz CT molecular complexity index is 499. The second-order valence-electron chi connectivity index (χ2n) is 3.65. The van der Waals surface area contributed by atoms with Crippen molar-refractivity contribution in [2.45, 2.75) is 11.4 Å². The molecule has 0 radical (unpaired) electrons. The molecule has 0 spiro atoms. The summed E-state index contributed by atoms with van der Waals surface area (Å²) in [7, 11) is 0. The molecule has 0 unspecified atom stereocenters. The number of halogens is 1. The molecule has 0 aliphatic rings. The van der Waals surface area contributed by atoms with E-state index in [0.29, 0.717) is 0 Å². The van der Waals surface area contributed by atoms with Crippen LogP contribution in [0.2, 0.25) is 0 Å². The molecule has 0 amide bonds. The number of benzene rings is 2. The smallest absolute Gasteiger partial charge is 0.0480 e. The minimum Gasteiger partial charge on any atom is -0.380 e. The first-order valence-corrected chi connectivity index (χ1v) is 7.43. The van der Waals surface area contributed by atoms with Crippen molar-refractivity contribution in [2.24, 2.45) is 0 Å². The minimum atomic E-state index is 0.832. The maximum atomic E-state index is 3.56. The van der Waals surface area contributed by atoms with Crippen LogP contribution in [0.3, 0.4) is 0 Å². The van der Waals surface area contributed by atoms with Crippen molar-refractivity contribution in [3.63, 3.8) is 0 Å². The van der Waals surface area contributed by atoms with Crippen molar-refractivity contribution >= 4 is 33.4 Å². The van der Waals surface area contributed by atoms with Gasteiger partial charge >= 0.3 is 0 Å². The summed E-state index contributed by atoms with van der Waals surface area (Å²) in [6, 6.07) is 16.6. The Kier molecular flexibility index (Phi) is 4.51. The summed E-state index contributed by atoms with van der Waals surface area (Å²) in [5.74, 6) is 0. The normalized spacial score (nSPS) is 10.2. The molecule has 0 aromatic heterocycles. The van der Waals surface area contributed by atoms with Gasteiger partial charge in [0.15, 0.2) is 0 Å². The lowest BCUT2D eigenvalue weighted by Gasteiger charge is -2.11. The van der Waals surface area contributed by atoms with Crippen LogP contribution in [0.1, 0.15) is 5.56 Å². The lowest BCUT2D eigenvalue weighted by atomic mass is 10.2. The van der Waals surface area contributed by atoms with Crippen molar-refractivity contribution in [3.05, 3.63) is 58.6 Å². The number of hydrogen-bond acceptors (Lipinski definition) is 2. The van der Waals surface area contributed by atoms with Crippen LogP contribution in [0.5, 0.6) is 0 Å². The average molecular weight is 308 g/mol. The maximum Gasteiger partial charge on any atom is 0.0480 e. The number of thioether (sulfide) groups is 1. The van der Waals surface area contributed by atoms with Gasteiger partial charge in [-0.1, -0.05) is 46.3 Å². The summed E-state index contributed by atoms with van der Waals surface area (Å²) >= 11 is 5.32. The van der Waals surface area contributed by atoms with E-state index in [9.17, 15) is 0 Å². The molecule has 2 rings (SSSR count). The first-order chi connectivity index (χ1) is 8.31. The molecule has 17 heavy (non-hydrogen) atoms. The summed E-state index contributed by atoms with van der Waals surface area (Å²) in [5.41, 5.74) is 2.46. The van der Waals surface area contributed by atoms with Crippen molar-refractivity contribution < 1.29 is 0 Å². The maximum absolute atomic E-state index is 3.56. The molecule has 2 aromatic rings. The Balaban J connectivity index is 2.10. The average Bonchev–Trinajstić information content (AvgIpc) is 2.38. The molecule has 88 valence electrons. The molecule has 1 N–H and O–H groups in total. The molecule has 0 aliphatic carbocycles. The lowest BCUT2D eigenvalue weighted by Crippen LogP contribution is -2.00. The van der Waals surface area contributed by atoms with Crippen LogP contribution in [0.15, 0.2) is 57.9 Å². The zero-order valence-corrected chi connectivity index (χ0v) is 12.0. The topological polar surface area (TPSA) is 12.0 Å².